The van der Waals surface area contributed by atoms with E-state index in [1.807, 2.05) is 6.07 Å². The van der Waals surface area contributed by atoms with Gasteiger partial charge in [-0.05, 0) is 18.1 Å². The molecule has 1 aliphatic rings. The van der Waals surface area contributed by atoms with Gasteiger partial charge in [-0.1, -0.05) is 37.6 Å². The summed E-state index contributed by atoms with van der Waals surface area (Å²) < 4.78 is 5.55. The summed E-state index contributed by atoms with van der Waals surface area (Å²) in [6.45, 7) is 4.29. The molecule has 0 bridgehead atoms. The molecule has 0 spiro atoms. The molecule has 0 unspecified atom stereocenters. The van der Waals surface area contributed by atoms with Crippen LogP contribution >= 0.6 is 24.2 Å². The molecule has 0 fully saturated rings. The topological polar surface area (TPSA) is 76.8 Å². The Morgan fingerprint density at radius 1 is 1.43 bits per heavy atom. The van der Waals surface area contributed by atoms with Crippen molar-refractivity contribution in [2.45, 2.75) is 31.9 Å². The van der Waals surface area contributed by atoms with E-state index in [1.54, 1.807) is 23.9 Å². The van der Waals surface area contributed by atoms with Crippen LogP contribution in [0.5, 0.6) is 5.75 Å². The molecule has 0 aliphatic carbocycles. The number of amidine groups is 1. The summed E-state index contributed by atoms with van der Waals surface area (Å²) in [5.74, 6) is 1.01. The lowest BCUT2D eigenvalue weighted by Gasteiger charge is -2.08. The van der Waals surface area contributed by atoms with E-state index < -0.39 is 0 Å². The number of benzene rings is 1. The smallest absolute Gasteiger partial charge is 0.311 e. The Bertz CT molecular complexity index is 555. The highest BCUT2D eigenvalue weighted by Gasteiger charge is 2.16. The first-order valence-corrected chi connectivity index (χ1v) is 8.50. The van der Waals surface area contributed by atoms with Crippen LogP contribution in [0.15, 0.2) is 23.2 Å². The summed E-state index contributed by atoms with van der Waals surface area (Å²) in [5.41, 5.74) is 0.935. The van der Waals surface area contributed by atoms with Crippen LogP contribution < -0.4 is 10.1 Å². The van der Waals surface area contributed by atoms with Gasteiger partial charge in [-0.3, -0.25) is 15.1 Å². The molecular formula is C15H22ClN3O3S. The summed E-state index contributed by atoms with van der Waals surface area (Å²) in [5, 5.41) is 15.3. The third kappa shape index (κ3) is 6.27. The lowest BCUT2D eigenvalue weighted by Crippen LogP contribution is -2.15. The van der Waals surface area contributed by atoms with Gasteiger partial charge in [0.1, 0.15) is 0 Å². The quantitative estimate of drug-likeness (QED) is 0.434. The molecule has 0 aromatic heterocycles. The Balaban J connectivity index is 0.00000264. The first-order valence-electron chi connectivity index (χ1n) is 7.52. The van der Waals surface area contributed by atoms with Gasteiger partial charge in [0.15, 0.2) is 10.9 Å². The second-order valence-corrected chi connectivity index (χ2v) is 5.98. The van der Waals surface area contributed by atoms with E-state index in [9.17, 15) is 10.1 Å². The van der Waals surface area contributed by atoms with Crippen molar-refractivity contribution in [3.8, 4) is 5.75 Å². The highest BCUT2D eigenvalue weighted by molar-refractivity contribution is 8.13. The van der Waals surface area contributed by atoms with Gasteiger partial charge in [0.05, 0.1) is 18.1 Å². The number of thioether (sulfide) groups is 1. The van der Waals surface area contributed by atoms with Crippen LogP contribution in [0.1, 0.15) is 31.7 Å². The molecule has 1 aromatic carbocycles. The van der Waals surface area contributed by atoms with Gasteiger partial charge >= 0.3 is 5.69 Å². The van der Waals surface area contributed by atoms with Crippen molar-refractivity contribution in [2.24, 2.45) is 4.99 Å². The maximum atomic E-state index is 11.2. The van der Waals surface area contributed by atoms with Crippen LogP contribution in [0.4, 0.5) is 5.69 Å². The van der Waals surface area contributed by atoms with Crippen LogP contribution in [0.3, 0.4) is 0 Å². The van der Waals surface area contributed by atoms with Gasteiger partial charge in [-0.15, -0.1) is 12.4 Å². The molecule has 1 aliphatic heterocycles. The SMILES string of the molecule is CCCCCOc1ccc(CSC2=NCCN2)cc1[N+](=O)[O-].Cl. The molecule has 0 amide bonds. The van der Waals surface area contributed by atoms with Gasteiger partial charge < -0.3 is 10.1 Å². The molecule has 6 nitrogen and oxygen atoms in total. The van der Waals surface area contributed by atoms with Gasteiger partial charge in [0, 0.05) is 18.4 Å². The van der Waals surface area contributed by atoms with Crippen molar-refractivity contribution in [1.29, 1.82) is 0 Å². The van der Waals surface area contributed by atoms with Crippen molar-refractivity contribution in [2.75, 3.05) is 19.7 Å². The maximum Gasteiger partial charge on any atom is 0.311 e. The minimum Gasteiger partial charge on any atom is -0.487 e. The molecule has 23 heavy (non-hydrogen) atoms. The number of rotatable bonds is 8. The van der Waals surface area contributed by atoms with Gasteiger partial charge in [0.2, 0.25) is 0 Å². The molecule has 128 valence electrons. The molecule has 1 aromatic rings. The van der Waals surface area contributed by atoms with Crippen molar-refractivity contribution < 1.29 is 9.66 Å². The van der Waals surface area contributed by atoms with Crippen LogP contribution in [0.25, 0.3) is 0 Å². The highest BCUT2D eigenvalue weighted by Crippen LogP contribution is 2.29. The number of hydrogen-bond donors (Lipinski definition) is 1. The van der Waals surface area contributed by atoms with E-state index in [2.05, 4.69) is 17.2 Å². The Morgan fingerprint density at radius 2 is 2.26 bits per heavy atom. The number of hydrogen-bond acceptors (Lipinski definition) is 6. The zero-order chi connectivity index (χ0) is 15.8. The van der Waals surface area contributed by atoms with Crippen molar-refractivity contribution in [1.82, 2.24) is 5.32 Å². The highest BCUT2D eigenvalue weighted by atomic mass is 35.5. The minimum atomic E-state index is -0.380. The summed E-state index contributed by atoms with van der Waals surface area (Å²) >= 11 is 1.56. The lowest BCUT2D eigenvalue weighted by atomic mass is 10.2. The number of aliphatic imine (C=N–C) groups is 1. The average Bonchev–Trinajstić information content (AvgIpc) is 3.03. The van der Waals surface area contributed by atoms with Crippen molar-refractivity contribution in [3.05, 3.63) is 33.9 Å². The molecule has 0 saturated heterocycles. The normalized spacial score (nSPS) is 13.0. The third-order valence-electron chi connectivity index (χ3n) is 3.24. The average molecular weight is 360 g/mol. The molecule has 0 saturated carbocycles. The Kier molecular flexibility index (Phi) is 8.79. The second kappa shape index (κ2) is 10.3. The first kappa shape index (κ1) is 19.6. The number of unbranched alkanes of at least 4 members (excludes halogenated alkanes) is 2. The molecule has 0 radical (unpaired) electrons. The number of halogens is 1. The zero-order valence-corrected chi connectivity index (χ0v) is 14.8. The molecular weight excluding hydrogens is 338 g/mol. The van der Waals surface area contributed by atoms with Gasteiger partial charge in [0.25, 0.3) is 0 Å². The van der Waals surface area contributed by atoms with E-state index in [4.69, 9.17) is 4.74 Å². The number of nitrogens with zero attached hydrogens (tertiary/aromatic N) is 2. The largest absolute Gasteiger partial charge is 0.487 e. The van der Waals surface area contributed by atoms with E-state index in [1.165, 1.54) is 0 Å². The van der Waals surface area contributed by atoms with Crippen LogP contribution in [-0.2, 0) is 5.75 Å². The maximum absolute atomic E-state index is 11.2. The second-order valence-electron chi connectivity index (χ2n) is 5.02. The lowest BCUT2D eigenvalue weighted by molar-refractivity contribution is -0.385. The Labute approximate surface area is 146 Å². The van der Waals surface area contributed by atoms with Gasteiger partial charge in [-0.2, -0.15) is 0 Å². The number of nitro benzene ring substituents is 1. The Hall–Kier alpha value is -1.47. The summed E-state index contributed by atoms with van der Waals surface area (Å²) in [7, 11) is 0. The van der Waals surface area contributed by atoms with E-state index in [0.29, 0.717) is 18.1 Å². The molecule has 2 rings (SSSR count). The Morgan fingerprint density at radius 3 is 2.91 bits per heavy atom. The fourth-order valence-corrected chi connectivity index (χ4v) is 2.95. The predicted molar refractivity (Wildman–Crippen MR) is 97.0 cm³/mol. The van der Waals surface area contributed by atoms with Crippen molar-refractivity contribution in [3.63, 3.8) is 0 Å². The molecule has 0 atom stereocenters. The monoisotopic (exact) mass is 359 g/mol. The fourth-order valence-electron chi connectivity index (χ4n) is 2.08. The van der Waals surface area contributed by atoms with E-state index >= 15 is 0 Å². The van der Waals surface area contributed by atoms with Gasteiger partial charge in [-0.25, -0.2) is 0 Å². The number of ether oxygens (including phenoxy) is 1. The van der Waals surface area contributed by atoms with Crippen molar-refractivity contribution >= 4 is 35.0 Å². The summed E-state index contributed by atoms with van der Waals surface area (Å²) in [4.78, 5) is 15.1. The predicted octanol–water partition coefficient (Wildman–Crippen LogP) is 3.78. The molecule has 1 N–H and O–H groups in total. The minimum absolute atomic E-state index is 0. The molecule has 8 heteroatoms. The zero-order valence-electron chi connectivity index (χ0n) is 13.1. The fraction of sp³-hybridized carbons (Fsp3) is 0.533. The number of nitro groups is 1. The van der Waals surface area contributed by atoms with Crippen LogP contribution in [-0.4, -0.2) is 29.8 Å². The van der Waals surface area contributed by atoms with Crippen LogP contribution in [0, 0.1) is 10.1 Å². The molecule has 1 heterocycles. The summed E-state index contributed by atoms with van der Waals surface area (Å²) in [6.07, 6.45) is 3.08. The third-order valence-corrected chi connectivity index (χ3v) is 4.27. The number of nitrogens with one attached hydrogen (secondary N) is 1. The van der Waals surface area contributed by atoms with E-state index in [0.717, 1.165) is 43.1 Å². The van der Waals surface area contributed by atoms with E-state index in [-0.39, 0.29) is 23.0 Å². The standard InChI is InChI=1S/C15H21N3O3S.ClH/c1-2-3-4-9-21-14-6-5-12(10-13(14)18(19)20)11-22-15-16-7-8-17-15;/h5-6,10H,2-4,7-9,11H2,1H3,(H,16,17);1H. The van der Waals surface area contributed by atoms with Crippen LogP contribution in [0.2, 0.25) is 0 Å². The summed E-state index contributed by atoms with van der Waals surface area (Å²) in [6, 6.07) is 5.17. The first-order chi connectivity index (χ1) is 10.7.